The Balaban J connectivity index is 1.94. The number of ether oxygens (including phenoxy) is 1. The summed E-state index contributed by atoms with van der Waals surface area (Å²) >= 11 is 5.81. The molecule has 0 aliphatic rings. The van der Waals surface area contributed by atoms with Crippen LogP contribution in [0.25, 0.3) is 0 Å². The quantitative estimate of drug-likeness (QED) is 0.870. The van der Waals surface area contributed by atoms with Gasteiger partial charge >= 0.3 is 0 Å². The number of halogens is 1. The van der Waals surface area contributed by atoms with Crippen molar-refractivity contribution in [1.82, 2.24) is 0 Å². The molecule has 0 aliphatic heterocycles. The molecule has 0 aliphatic carbocycles. The van der Waals surface area contributed by atoms with Crippen molar-refractivity contribution in [2.45, 2.75) is 6.61 Å². The van der Waals surface area contributed by atoms with Gasteiger partial charge in [0.25, 0.3) is 0 Å². The molecule has 0 amide bonds. The molecule has 0 heterocycles. The van der Waals surface area contributed by atoms with Crippen LogP contribution in [0.1, 0.15) is 11.1 Å². The Morgan fingerprint density at radius 2 is 1.68 bits per heavy atom. The molecule has 2 N–H and O–H groups in total. The van der Waals surface area contributed by atoms with Crippen LogP contribution in [0.3, 0.4) is 0 Å². The molecule has 0 radical (unpaired) electrons. The topological polar surface area (TPSA) is 35.2 Å². The lowest BCUT2D eigenvalue weighted by molar-refractivity contribution is 0.306. The van der Waals surface area contributed by atoms with Crippen LogP contribution >= 0.6 is 11.6 Å². The van der Waals surface area contributed by atoms with E-state index >= 15 is 0 Å². The molecule has 0 spiro atoms. The van der Waals surface area contributed by atoms with Crippen LogP contribution in [0.2, 0.25) is 5.02 Å². The number of nitrogens with two attached hydrogens (primary N) is 1. The molecule has 2 nitrogen and oxygen atoms in total. The van der Waals surface area contributed by atoms with E-state index in [9.17, 15) is 0 Å². The molecular formula is C16H14ClNO. The Bertz CT molecular complexity index is 579. The number of benzene rings is 2. The van der Waals surface area contributed by atoms with Crippen molar-refractivity contribution in [3.8, 4) is 17.6 Å². The molecule has 3 heteroatoms. The predicted octanol–water partition coefficient (Wildman–Crippen LogP) is 3.23. The molecular weight excluding hydrogens is 258 g/mol. The second-order valence-corrected chi connectivity index (χ2v) is 4.38. The SMILES string of the molecule is NCC#Cc1ccc(COc2ccc(Cl)cc2)cc1. The lowest BCUT2D eigenvalue weighted by Gasteiger charge is -2.06. The van der Waals surface area contributed by atoms with Gasteiger partial charge in [-0.05, 0) is 42.0 Å². The van der Waals surface area contributed by atoms with Gasteiger partial charge in [-0.25, -0.2) is 0 Å². The molecule has 96 valence electrons. The minimum absolute atomic E-state index is 0.376. The molecule has 0 bridgehead atoms. The van der Waals surface area contributed by atoms with Gasteiger partial charge in [0.15, 0.2) is 0 Å². The summed E-state index contributed by atoms with van der Waals surface area (Å²) in [5.41, 5.74) is 7.38. The highest BCUT2D eigenvalue weighted by atomic mass is 35.5. The van der Waals surface area contributed by atoms with Crippen LogP contribution in [-0.4, -0.2) is 6.54 Å². The first kappa shape index (κ1) is 13.5. The zero-order valence-corrected chi connectivity index (χ0v) is 11.2. The van der Waals surface area contributed by atoms with Crippen molar-refractivity contribution in [3.05, 3.63) is 64.7 Å². The van der Waals surface area contributed by atoms with Crippen LogP contribution in [0, 0.1) is 11.8 Å². The number of hydrogen-bond acceptors (Lipinski definition) is 2. The van der Waals surface area contributed by atoms with Gasteiger partial charge in [0.05, 0.1) is 6.54 Å². The first-order valence-electron chi connectivity index (χ1n) is 5.94. The largest absolute Gasteiger partial charge is 0.489 e. The third-order valence-corrected chi connectivity index (χ3v) is 2.76. The standard InChI is InChI=1S/C16H14ClNO/c17-15-7-9-16(10-8-15)19-12-14-5-3-13(4-6-14)2-1-11-18/h3-10H,11-12,18H2. The van der Waals surface area contributed by atoms with Crippen molar-refractivity contribution in [1.29, 1.82) is 0 Å². The van der Waals surface area contributed by atoms with Crippen molar-refractivity contribution in [2.75, 3.05) is 6.54 Å². The van der Waals surface area contributed by atoms with Gasteiger partial charge in [0.1, 0.15) is 12.4 Å². The van der Waals surface area contributed by atoms with E-state index in [-0.39, 0.29) is 0 Å². The highest BCUT2D eigenvalue weighted by Gasteiger charge is 1.96. The summed E-state index contributed by atoms with van der Waals surface area (Å²) in [7, 11) is 0. The fourth-order valence-corrected chi connectivity index (χ4v) is 1.66. The molecule has 0 saturated heterocycles. The van der Waals surface area contributed by atoms with Gasteiger partial charge < -0.3 is 10.5 Å². The number of hydrogen-bond donors (Lipinski definition) is 1. The summed E-state index contributed by atoms with van der Waals surface area (Å²) < 4.78 is 5.65. The smallest absolute Gasteiger partial charge is 0.119 e. The van der Waals surface area contributed by atoms with Crippen LogP contribution in [0.15, 0.2) is 48.5 Å². The zero-order chi connectivity index (χ0) is 13.5. The van der Waals surface area contributed by atoms with E-state index in [1.807, 2.05) is 48.5 Å². The summed E-state index contributed by atoms with van der Waals surface area (Å²) in [5, 5.41) is 0.704. The molecule has 0 atom stereocenters. The summed E-state index contributed by atoms with van der Waals surface area (Å²) in [6.07, 6.45) is 0. The first-order valence-corrected chi connectivity index (χ1v) is 6.32. The highest BCUT2D eigenvalue weighted by Crippen LogP contribution is 2.17. The van der Waals surface area contributed by atoms with E-state index < -0.39 is 0 Å². The van der Waals surface area contributed by atoms with Crippen LogP contribution in [-0.2, 0) is 6.61 Å². The predicted molar refractivity (Wildman–Crippen MR) is 78.2 cm³/mol. The van der Waals surface area contributed by atoms with E-state index in [0.717, 1.165) is 16.9 Å². The molecule has 19 heavy (non-hydrogen) atoms. The minimum atomic E-state index is 0.376. The summed E-state index contributed by atoms with van der Waals surface area (Å²) in [5.74, 6) is 6.60. The van der Waals surface area contributed by atoms with Gasteiger partial charge in [0, 0.05) is 10.6 Å². The van der Waals surface area contributed by atoms with Crippen LogP contribution in [0.4, 0.5) is 0 Å². The Morgan fingerprint density at radius 1 is 1.00 bits per heavy atom. The second-order valence-electron chi connectivity index (χ2n) is 3.95. The Labute approximate surface area is 118 Å². The maximum Gasteiger partial charge on any atom is 0.119 e. The lowest BCUT2D eigenvalue weighted by Crippen LogP contribution is -1.95. The van der Waals surface area contributed by atoms with Crippen LogP contribution < -0.4 is 10.5 Å². The molecule has 2 rings (SSSR count). The Hall–Kier alpha value is -1.95. The van der Waals surface area contributed by atoms with Gasteiger partial charge in [0.2, 0.25) is 0 Å². The average Bonchev–Trinajstić information content (AvgIpc) is 2.46. The lowest BCUT2D eigenvalue weighted by atomic mass is 10.1. The van der Waals surface area contributed by atoms with Crippen molar-refractivity contribution >= 4 is 11.6 Å². The molecule has 0 unspecified atom stereocenters. The van der Waals surface area contributed by atoms with E-state index in [4.69, 9.17) is 22.1 Å². The van der Waals surface area contributed by atoms with Crippen molar-refractivity contribution in [2.24, 2.45) is 5.73 Å². The fraction of sp³-hybridized carbons (Fsp3) is 0.125. The summed E-state index contributed by atoms with van der Waals surface area (Å²) in [6, 6.07) is 15.2. The van der Waals surface area contributed by atoms with Crippen molar-refractivity contribution in [3.63, 3.8) is 0 Å². The minimum Gasteiger partial charge on any atom is -0.489 e. The molecule has 0 fully saturated rings. The van der Waals surface area contributed by atoms with E-state index in [2.05, 4.69) is 11.8 Å². The molecule has 0 saturated carbocycles. The normalized spacial score (nSPS) is 9.58. The maximum atomic E-state index is 5.81. The first-order chi connectivity index (χ1) is 9.28. The van der Waals surface area contributed by atoms with Crippen molar-refractivity contribution < 1.29 is 4.74 Å². The van der Waals surface area contributed by atoms with E-state index in [1.165, 1.54) is 0 Å². The number of rotatable bonds is 3. The molecule has 0 aromatic heterocycles. The Kier molecular flexibility index (Phi) is 4.85. The monoisotopic (exact) mass is 271 g/mol. The third-order valence-electron chi connectivity index (χ3n) is 2.51. The van der Waals surface area contributed by atoms with E-state index in [0.29, 0.717) is 18.2 Å². The molecule has 2 aromatic rings. The summed E-state index contributed by atoms with van der Waals surface area (Å²) in [6.45, 7) is 0.896. The van der Waals surface area contributed by atoms with Gasteiger partial charge in [-0.15, -0.1) is 0 Å². The average molecular weight is 272 g/mol. The van der Waals surface area contributed by atoms with Gasteiger partial charge in [-0.3, -0.25) is 0 Å². The summed E-state index contributed by atoms with van der Waals surface area (Å²) in [4.78, 5) is 0. The van der Waals surface area contributed by atoms with Gasteiger partial charge in [-0.1, -0.05) is 35.6 Å². The van der Waals surface area contributed by atoms with E-state index in [1.54, 1.807) is 0 Å². The third kappa shape index (κ3) is 4.33. The maximum absolute atomic E-state index is 5.81. The Morgan fingerprint density at radius 3 is 2.32 bits per heavy atom. The van der Waals surface area contributed by atoms with Gasteiger partial charge in [-0.2, -0.15) is 0 Å². The zero-order valence-electron chi connectivity index (χ0n) is 10.4. The highest BCUT2D eigenvalue weighted by molar-refractivity contribution is 6.30. The second kappa shape index (κ2) is 6.84. The molecule has 2 aromatic carbocycles. The fourth-order valence-electron chi connectivity index (χ4n) is 1.53. The van der Waals surface area contributed by atoms with Crippen LogP contribution in [0.5, 0.6) is 5.75 Å².